The molecule has 7 nitrogen and oxygen atoms in total. The first-order valence-corrected chi connectivity index (χ1v) is 12.9. The van der Waals surface area contributed by atoms with Gasteiger partial charge in [-0.25, -0.2) is 9.37 Å². The molecule has 3 N–H and O–H groups in total. The van der Waals surface area contributed by atoms with Crippen molar-refractivity contribution in [1.82, 2.24) is 9.55 Å². The lowest BCUT2D eigenvalue weighted by Crippen LogP contribution is -2.64. The number of anilines is 1. The third kappa shape index (κ3) is 5.04. The van der Waals surface area contributed by atoms with Crippen LogP contribution in [-0.2, 0) is 11.8 Å². The monoisotopic (exact) mass is 569 g/mol. The Balaban J connectivity index is 1.24. The number of methoxy groups -OCH3 is 1. The summed E-state index contributed by atoms with van der Waals surface area (Å²) in [6, 6.07) is 3.90. The molecule has 2 aromatic rings. The molecule has 12 heteroatoms. The number of nitrogens with one attached hydrogen (secondary N) is 1. The van der Waals surface area contributed by atoms with Gasteiger partial charge in [-0.15, -0.1) is 0 Å². The molecule has 1 amide bonds. The molecule has 39 heavy (non-hydrogen) atoms. The molecule has 3 aliphatic carbocycles. The van der Waals surface area contributed by atoms with Crippen molar-refractivity contribution in [2.45, 2.75) is 67.4 Å². The normalized spacial score (nSPS) is 33.7. The van der Waals surface area contributed by atoms with Crippen molar-refractivity contribution >= 4 is 23.2 Å². The number of aromatic nitrogens is 2. The van der Waals surface area contributed by atoms with Crippen LogP contribution in [0.4, 0.5) is 23.2 Å². The summed E-state index contributed by atoms with van der Waals surface area (Å²) >= 11 is 5.82. The summed E-state index contributed by atoms with van der Waals surface area (Å²) in [4.78, 5) is 17.6. The minimum absolute atomic E-state index is 0.0406. The summed E-state index contributed by atoms with van der Waals surface area (Å²) in [5, 5.41) is 24.2. The van der Waals surface area contributed by atoms with Gasteiger partial charge >= 0.3 is 6.18 Å². The number of nitrogens with zero attached hydrogens (tertiary/aromatic N) is 2. The first kappa shape index (κ1) is 27.9. The number of fused-ring (bicyclic) bond motifs is 1. The highest BCUT2D eigenvalue weighted by Gasteiger charge is 2.68. The number of carbonyl (C=O) groups excluding carboxylic acids is 1. The Labute approximate surface area is 227 Å². The van der Waals surface area contributed by atoms with E-state index in [1.54, 1.807) is 17.9 Å². The van der Waals surface area contributed by atoms with E-state index >= 15 is 0 Å². The molecule has 210 valence electrons. The SMILES string of the molecule is COC1(C(F)(F)F)CC(O)(C#CC2(O)CC3CC(c4ncn(C)c4C(=O)Nc4ccc(F)c(Cl)c4)CC3C2)C1. The van der Waals surface area contributed by atoms with Crippen molar-refractivity contribution in [3.8, 4) is 11.8 Å². The van der Waals surface area contributed by atoms with Gasteiger partial charge in [0.05, 0.1) is 17.0 Å². The van der Waals surface area contributed by atoms with Gasteiger partial charge in [-0.1, -0.05) is 23.4 Å². The highest BCUT2D eigenvalue weighted by atomic mass is 35.5. The molecule has 2 atom stereocenters. The fraction of sp³-hybridized carbons (Fsp3) is 0.556. The van der Waals surface area contributed by atoms with E-state index < -0.39 is 47.5 Å². The van der Waals surface area contributed by atoms with Crippen molar-refractivity contribution < 1.29 is 37.3 Å². The number of rotatable bonds is 4. The first-order valence-electron chi connectivity index (χ1n) is 12.6. The maximum absolute atomic E-state index is 13.5. The Hall–Kier alpha value is -2.65. The van der Waals surface area contributed by atoms with Gasteiger partial charge in [-0.2, -0.15) is 13.2 Å². The minimum atomic E-state index is -4.63. The number of benzene rings is 1. The highest BCUT2D eigenvalue weighted by Crippen LogP contribution is 2.55. The number of ether oxygens (including phenoxy) is 1. The molecule has 3 aliphatic rings. The molecule has 0 aliphatic heterocycles. The number of carbonyl (C=O) groups is 1. The summed E-state index contributed by atoms with van der Waals surface area (Å²) in [5.41, 5.74) is -4.36. The number of aryl methyl sites for hydroxylation is 1. The zero-order chi connectivity index (χ0) is 28.4. The van der Waals surface area contributed by atoms with E-state index in [4.69, 9.17) is 11.6 Å². The topological polar surface area (TPSA) is 96.6 Å². The Morgan fingerprint density at radius 2 is 1.79 bits per heavy atom. The van der Waals surface area contributed by atoms with Crippen molar-refractivity contribution in [2.75, 3.05) is 12.4 Å². The quantitative estimate of drug-likeness (QED) is 0.370. The van der Waals surface area contributed by atoms with Gasteiger partial charge in [-0.05, 0) is 55.7 Å². The van der Waals surface area contributed by atoms with Crippen LogP contribution in [0, 0.1) is 29.5 Å². The van der Waals surface area contributed by atoms with Crippen LogP contribution in [0.5, 0.6) is 0 Å². The Bertz CT molecular complexity index is 1340. The average Bonchev–Trinajstić information content (AvgIpc) is 3.48. The van der Waals surface area contributed by atoms with Crippen LogP contribution in [-0.4, -0.2) is 55.8 Å². The highest BCUT2D eigenvalue weighted by molar-refractivity contribution is 6.31. The van der Waals surface area contributed by atoms with Crippen LogP contribution in [0.2, 0.25) is 5.02 Å². The second kappa shape index (κ2) is 9.47. The van der Waals surface area contributed by atoms with E-state index in [0.29, 0.717) is 42.8 Å². The molecule has 2 unspecified atom stereocenters. The van der Waals surface area contributed by atoms with Gasteiger partial charge < -0.3 is 24.8 Å². The van der Waals surface area contributed by atoms with Gasteiger partial charge in [0, 0.05) is 38.6 Å². The minimum Gasteiger partial charge on any atom is -0.378 e. The van der Waals surface area contributed by atoms with Gasteiger partial charge in [0.1, 0.15) is 22.7 Å². The number of alkyl halides is 3. The lowest BCUT2D eigenvalue weighted by atomic mass is 9.66. The van der Waals surface area contributed by atoms with Crippen LogP contribution in [0.1, 0.15) is 60.6 Å². The van der Waals surface area contributed by atoms with E-state index in [-0.39, 0.29) is 22.8 Å². The predicted octanol–water partition coefficient (Wildman–Crippen LogP) is 4.58. The molecule has 1 aromatic carbocycles. The fourth-order valence-electron chi connectivity index (χ4n) is 6.45. The zero-order valence-electron chi connectivity index (χ0n) is 21.3. The largest absolute Gasteiger partial charge is 0.417 e. The number of imidazole rings is 1. The zero-order valence-corrected chi connectivity index (χ0v) is 22.0. The van der Waals surface area contributed by atoms with Gasteiger partial charge in [-0.3, -0.25) is 4.79 Å². The molecule has 5 rings (SSSR count). The molecule has 3 saturated carbocycles. The van der Waals surface area contributed by atoms with Gasteiger partial charge in [0.25, 0.3) is 5.91 Å². The molecule has 0 saturated heterocycles. The smallest absolute Gasteiger partial charge is 0.378 e. The Kier molecular flexibility index (Phi) is 6.78. The van der Waals surface area contributed by atoms with Crippen LogP contribution >= 0.6 is 11.6 Å². The third-order valence-electron chi connectivity index (χ3n) is 8.38. The van der Waals surface area contributed by atoms with Crippen molar-refractivity contribution in [3.63, 3.8) is 0 Å². The lowest BCUT2D eigenvalue weighted by molar-refractivity contribution is -0.327. The van der Waals surface area contributed by atoms with Crippen LogP contribution in [0.15, 0.2) is 24.5 Å². The number of halogens is 5. The molecule has 0 radical (unpaired) electrons. The van der Waals surface area contributed by atoms with Crippen LogP contribution in [0.3, 0.4) is 0 Å². The third-order valence-corrected chi connectivity index (χ3v) is 8.67. The summed E-state index contributed by atoms with van der Waals surface area (Å²) in [7, 11) is 2.66. The van der Waals surface area contributed by atoms with Crippen LogP contribution < -0.4 is 5.32 Å². The van der Waals surface area contributed by atoms with Crippen molar-refractivity contribution in [3.05, 3.63) is 46.8 Å². The first-order chi connectivity index (χ1) is 18.2. The molecule has 0 spiro atoms. The number of aliphatic hydroxyl groups is 2. The summed E-state index contributed by atoms with van der Waals surface area (Å²) in [6.07, 6.45) is -2.54. The van der Waals surface area contributed by atoms with Crippen LogP contribution in [0.25, 0.3) is 0 Å². The fourth-order valence-corrected chi connectivity index (χ4v) is 6.63. The summed E-state index contributed by atoms with van der Waals surface area (Å²) in [6.45, 7) is 0. The maximum Gasteiger partial charge on any atom is 0.417 e. The summed E-state index contributed by atoms with van der Waals surface area (Å²) in [5.74, 6) is 4.29. The number of hydrogen-bond acceptors (Lipinski definition) is 5. The second-order valence-electron chi connectivity index (χ2n) is 11.1. The van der Waals surface area contributed by atoms with E-state index in [9.17, 15) is 32.6 Å². The van der Waals surface area contributed by atoms with Crippen molar-refractivity contribution in [2.24, 2.45) is 18.9 Å². The van der Waals surface area contributed by atoms with E-state index in [1.807, 2.05) is 0 Å². The predicted molar refractivity (Wildman–Crippen MR) is 133 cm³/mol. The molecular weight excluding hydrogens is 542 g/mol. The number of amides is 1. The molecule has 0 bridgehead atoms. The van der Waals surface area contributed by atoms with E-state index in [0.717, 1.165) is 13.2 Å². The lowest BCUT2D eigenvalue weighted by Gasteiger charge is -2.50. The standard InChI is InChI=1S/C27H28ClF4N3O4/c1-35-14-33-21(22(35)23(36)34-18-3-4-20(29)19(28)9-18)15-7-16-10-24(37,11-17(16)8-15)5-6-25(38)12-26(13-25,39-2)27(30,31)32/h3-4,9,14-17,37-38H,7-8,10-13H2,1-2H3,(H,34,36). The molecular formula is C27H28ClF4N3O4. The Morgan fingerprint density at radius 3 is 2.36 bits per heavy atom. The molecule has 1 aromatic heterocycles. The maximum atomic E-state index is 13.5. The van der Waals surface area contributed by atoms with Gasteiger partial charge in [0.15, 0.2) is 5.60 Å². The average molecular weight is 570 g/mol. The second-order valence-corrected chi connectivity index (χ2v) is 11.5. The Morgan fingerprint density at radius 1 is 1.18 bits per heavy atom. The molecule has 3 fully saturated rings. The van der Waals surface area contributed by atoms with Crippen molar-refractivity contribution in [1.29, 1.82) is 0 Å². The van der Waals surface area contributed by atoms with E-state index in [2.05, 4.69) is 26.9 Å². The van der Waals surface area contributed by atoms with E-state index in [1.165, 1.54) is 12.1 Å². The summed E-state index contributed by atoms with van der Waals surface area (Å²) < 4.78 is 59.6. The van der Waals surface area contributed by atoms with Gasteiger partial charge in [0.2, 0.25) is 0 Å². The molecule has 1 heterocycles. The number of hydrogen-bond donors (Lipinski definition) is 3.